The van der Waals surface area contributed by atoms with Crippen LogP contribution in [0.15, 0.2) is 54.6 Å². The van der Waals surface area contributed by atoms with Crippen LogP contribution >= 0.6 is 0 Å². The molecule has 108 valence electrons. The van der Waals surface area contributed by atoms with Gasteiger partial charge in [0, 0.05) is 5.69 Å². The predicted molar refractivity (Wildman–Crippen MR) is 79.5 cm³/mol. The Morgan fingerprint density at radius 3 is 2.10 bits per heavy atom. The first-order chi connectivity index (χ1) is 9.94. The summed E-state index contributed by atoms with van der Waals surface area (Å²) >= 11 is 0. The monoisotopic (exact) mass is 285 g/mol. The molecule has 0 aliphatic heterocycles. The van der Waals surface area contributed by atoms with Crippen LogP contribution in [0.4, 0.5) is 10.1 Å². The molecule has 0 fully saturated rings. The average molecular weight is 285 g/mol. The normalized spacial score (nSPS) is 13.3. The summed E-state index contributed by atoms with van der Waals surface area (Å²) in [6, 6.07) is 14.3. The minimum absolute atomic E-state index is 0.256. The summed E-state index contributed by atoms with van der Waals surface area (Å²) in [5.74, 6) is -1.08. The molecule has 2 aromatic carbocycles. The van der Waals surface area contributed by atoms with Crippen molar-refractivity contribution < 1.29 is 14.0 Å². The smallest absolute Gasteiger partial charge is 0.242 e. The van der Waals surface area contributed by atoms with Crippen LogP contribution in [0.5, 0.6) is 0 Å². The van der Waals surface area contributed by atoms with Crippen molar-refractivity contribution in [3.63, 3.8) is 0 Å². The number of anilines is 1. The second kappa shape index (κ2) is 5.87. The summed E-state index contributed by atoms with van der Waals surface area (Å²) in [5, 5.41) is 2.66. The van der Waals surface area contributed by atoms with E-state index in [0.29, 0.717) is 11.3 Å². The Hall–Kier alpha value is -2.49. The third kappa shape index (κ3) is 2.99. The van der Waals surface area contributed by atoms with Crippen LogP contribution in [0.1, 0.15) is 19.4 Å². The van der Waals surface area contributed by atoms with Crippen LogP contribution in [-0.2, 0) is 15.0 Å². The lowest BCUT2D eigenvalue weighted by molar-refractivity contribution is -0.131. The van der Waals surface area contributed by atoms with E-state index in [0.717, 1.165) is 0 Å². The van der Waals surface area contributed by atoms with Crippen molar-refractivity contribution >= 4 is 17.4 Å². The van der Waals surface area contributed by atoms with Gasteiger partial charge < -0.3 is 5.32 Å². The third-order valence-electron chi connectivity index (χ3n) is 3.61. The zero-order valence-corrected chi connectivity index (χ0v) is 11.9. The summed E-state index contributed by atoms with van der Waals surface area (Å²) in [5.41, 5.74) is -0.211. The van der Waals surface area contributed by atoms with Gasteiger partial charge in [-0.2, -0.15) is 0 Å². The van der Waals surface area contributed by atoms with Gasteiger partial charge in [0.2, 0.25) is 5.91 Å². The molecular weight excluding hydrogens is 269 g/mol. The number of carbonyl (C=O) groups excluding carboxylic acids is 2. The summed E-state index contributed by atoms with van der Waals surface area (Å²) in [7, 11) is 0. The first-order valence-electron chi connectivity index (χ1n) is 6.58. The number of halogens is 1. The van der Waals surface area contributed by atoms with Crippen LogP contribution in [0.2, 0.25) is 0 Å². The number of carbonyl (C=O) groups is 2. The number of hydrogen-bond donors (Lipinski definition) is 1. The Bertz CT molecular complexity index is 652. The Labute approximate surface area is 122 Å². The van der Waals surface area contributed by atoms with E-state index < -0.39 is 11.3 Å². The first-order valence-corrected chi connectivity index (χ1v) is 6.58. The minimum atomic E-state index is -1.28. The number of Topliss-reactive ketones (excluding diaryl/α,β-unsaturated/α-hetero) is 1. The van der Waals surface area contributed by atoms with Crippen molar-refractivity contribution in [3.05, 3.63) is 66.0 Å². The molecule has 2 aromatic rings. The second-order valence-corrected chi connectivity index (χ2v) is 5.01. The van der Waals surface area contributed by atoms with E-state index >= 15 is 0 Å². The number of benzene rings is 2. The third-order valence-corrected chi connectivity index (χ3v) is 3.61. The number of ketones is 1. The molecule has 0 radical (unpaired) electrons. The second-order valence-electron chi connectivity index (χ2n) is 5.01. The maximum atomic E-state index is 12.9. The van der Waals surface area contributed by atoms with E-state index in [9.17, 15) is 14.0 Å². The number of nitrogens with one attached hydrogen (secondary N) is 1. The van der Waals surface area contributed by atoms with Gasteiger partial charge in [-0.15, -0.1) is 0 Å². The summed E-state index contributed by atoms with van der Waals surface area (Å²) in [6.45, 7) is 2.97. The SMILES string of the molecule is CC(=O)C(C)(C(=O)Nc1ccc(F)cc1)c1ccccc1. The van der Waals surface area contributed by atoms with Gasteiger partial charge in [0.15, 0.2) is 0 Å². The summed E-state index contributed by atoms with van der Waals surface area (Å²) < 4.78 is 12.9. The minimum Gasteiger partial charge on any atom is -0.325 e. The van der Waals surface area contributed by atoms with E-state index in [1.165, 1.54) is 31.2 Å². The molecule has 0 saturated carbocycles. The average Bonchev–Trinajstić information content (AvgIpc) is 2.49. The highest BCUT2D eigenvalue weighted by Gasteiger charge is 2.40. The number of amides is 1. The van der Waals surface area contributed by atoms with E-state index in [-0.39, 0.29) is 11.6 Å². The molecule has 0 aliphatic rings. The molecular formula is C17H16FNO2. The Kier molecular flexibility index (Phi) is 4.17. The molecule has 2 rings (SSSR count). The highest BCUT2D eigenvalue weighted by molar-refractivity contribution is 6.15. The maximum absolute atomic E-state index is 12.9. The number of hydrogen-bond acceptors (Lipinski definition) is 2. The molecule has 3 nitrogen and oxygen atoms in total. The standard InChI is InChI=1S/C17H16FNO2/c1-12(20)17(2,13-6-4-3-5-7-13)16(21)19-15-10-8-14(18)9-11-15/h3-11H,1-2H3,(H,19,21). The van der Waals surface area contributed by atoms with Gasteiger partial charge in [0.1, 0.15) is 17.0 Å². The van der Waals surface area contributed by atoms with Crippen LogP contribution in [0, 0.1) is 5.82 Å². The molecule has 1 amide bonds. The summed E-state index contributed by atoms with van der Waals surface area (Å²) in [6.07, 6.45) is 0. The maximum Gasteiger partial charge on any atom is 0.242 e. The van der Waals surface area contributed by atoms with Crippen molar-refractivity contribution in [2.24, 2.45) is 0 Å². The van der Waals surface area contributed by atoms with Crippen LogP contribution in [-0.4, -0.2) is 11.7 Å². The van der Waals surface area contributed by atoms with Gasteiger partial charge in [0.05, 0.1) is 0 Å². The molecule has 0 heterocycles. The lowest BCUT2D eigenvalue weighted by Crippen LogP contribution is -2.43. The lowest BCUT2D eigenvalue weighted by atomic mass is 9.78. The van der Waals surface area contributed by atoms with Gasteiger partial charge in [-0.3, -0.25) is 9.59 Å². The van der Waals surface area contributed by atoms with Gasteiger partial charge >= 0.3 is 0 Å². The quantitative estimate of drug-likeness (QED) is 0.876. The van der Waals surface area contributed by atoms with E-state index in [4.69, 9.17) is 0 Å². The number of rotatable bonds is 4. The van der Waals surface area contributed by atoms with Gasteiger partial charge in [-0.05, 0) is 43.7 Å². The molecule has 0 spiro atoms. The van der Waals surface area contributed by atoms with E-state index in [1.807, 2.05) is 6.07 Å². The van der Waals surface area contributed by atoms with Crippen LogP contribution in [0.3, 0.4) is 0 Å². The van der Waals surface area contributed by atoms with Gasteiger partial charge in [-0.25, -0.2) is 4.39 Å². The highest BCUT2D eigenvalue weighted by atomic mass is 19.1. The zero-order chi connectivity index (χ0) is 15.5. The largest absolute Gasteiger partial charge is 0.325 e. The van der Waals surface area contributed by atoms with Crippen molar-refractivity contribution in [1.29, 1.82) is 0 Å². The van der Waals surface area contributed by atoms with Crippen molar-refractivity contribution in [3.8, 4) is 0 Å². The van der Waals surface area contributed by atoms with E-state index in [2.05, 4.69) is 5.32 Å². The van der Waals surface area contributed by atoms with Gasteiger partial charge in [-0.1, -0.05) is 30.3 Å². The zero-order valence-electron chi connectivity index (χ0n) is 11.9. The van der Waals surface area contributed by atoms with Crippen molar-refractivity contribution in [1.82, 2.24) is 0 Å². The first kappa shape index (κ1) is 14.9. The Morgan fingerprint density at radius 2 is 1.57 bits per heavy atom. The lowest BCUT2D eigenvalue weighted by Gasteiger charge is -2.26. The fourth-order valence-electron chi connectivity index (χ4n) is 2.06. The fourth-order valence-corrected chi connectivity index (χ4v) is 2.06. The molecule has 21 heavy (non-hydrogen) atoms. The Balaban J connectivity index is 2.32. The molecule has 0 aromatic heterocycles. The molecule has 1 N–H and O–H groups in total. The molecule has 0 bridgehead atoms. The molecule has 0 saturated heterocycles. The molecule has 1 unspecified atom stereocenters. The van der Waals surface area contributed by atoms with E-state index in [1.54, 1.807) is 31.2 Å². The van der Waals surface area contributed by atoms with Crippen LogP contribution in [0.25, 0.3) is 0 Å². The Morgan fingerprint density at radius 1 is 1.00 bits per heavy atom. The summed E-state index contributed by atoms with van der Waals surface area (Å²) in [4.78, 5) is 24.6. The predicted octanol–water partition coefficient (Wildman–Crippen LogP) is 3.31. The molecule has 1 atom stereocenters. The van der Waals surface area contributed by atoms with Gasteiger partial charge in [0.25, 0.3) is 0 Å². The van der Waals surface area contributed by atoms with Crippen molar-refractivity contribution in [2.45, 2.75) is 19.3 Å². The van der Waals surface area contributed by atoms with Crippen molar-refractivity contribution in [2.75, 3.05) is 5.32 Å². The highest BCUT2D eigenvalue weighted by Crippen LogP contribution is 2.27. The molecule has 4 heteroatoms. The topological polar surface area (TPSA) is 46.2 Å². The fraction of sp³-hybridized carbons (Fsp3) is 0.176. The van der Waals surface area contributed by atoms with Crippen LogP contribution < -0.4 is 5.32 Å². The molecule has 0 aliphatic carbocycles.